The van der Waals surface area contributed by atoms with Gasteiger partial charge in [-0.1, -0.05) is 19.3 Å². The summed E-state index contributed by atoms with van der Waals surface area (Å²) in [4.78, 5) is 14.2. The second-order valence-corrected chi connectivity index (χ2v) is 7.92. The molecule has 0 aromatic heterocycles. The minimum absolute atomic E-state index is 0.0541. The van der Waals surface area contributed by atoms with E-state index in [1.54, 1.807) is 12.0 Å². The molecule has 1 saturated heterocycles. The Morgan fingerprint density at radius 3 is 2.43 bits per heavy atom. The van der Waals surface area contributed by atoms with Gasteiger partial charge < -0.3 is 19.1 Å². The van der Waals surface area contributed by atoms with Gasteiger partial charge in [-0.05, 0) is 46.0 Å². The van der Waals surface area contributed by atoms with Crippen molar-refractivity contribution in [2.24, 2.45) is 5.92 Å². The molecular weight excluding hydrogens is 294 g/mol. The zero-order chi connectivity index (χ0) is 16.9. The van der Waals surface area contributed by atoms with E-state index >= 15 is 0 Å². The lowest BCUT2D eigenvalue weighted by molar-refractivity contribution is 0.00480. The summed E-state index contributed by atoms with van der Waals surface area (Å²) >= 11 is 0. The van der Waals surface area contributed by atoms with E-state index in [4.69, 9.17) is 14.2 Å². The Hall–Kier alpha value is -0.810. The standard InChI is InChI=1S/C18H33NO4/c1-18(2,3)23-17(20)19-11-16(21-4)10-15(19)13-22-12-14-8-6-5-7-9-14/h14-16H,5-13H2,1-4H3/t15-,16-/m0/s1. The summed E-state index contributed by atoms with van der Waals surface area (Å²) in [6.45, 7) is 7.66. The number of amides is 1. The zero-order valence-electron chi connectivity index (χ0n) is 15.2. The van der Waals surface area contributed by atoms with Gasteiger partial charge in [0.2, 0.25) is 0 Å². The Kier molecular flexibility index (Phi) is 6.72. The van der Waals surface area contributed by atoms with Crippen LogP contribution in [0.1, 0.15) is 59.3 Å². The van der Waals surface area contributed by atoms with Crippen LogP contribution in [0.15, 0.2) is 0 Å². The van der Waals surface area contributed by atoms with Crippen LogP contribution in [0.25, 0.3) is 0 Å². The van der Waals surface area contributed by atoms with Crippen LogP contribution in [0, 0.1) is 5.92 Å². The van der Waals surface area contributed by atoms with Gasteiger partial charge in [-0.15, -0.1) is 0 Å². The van der Waals surface area contributed by atoms with Gasteiger partial charge in [-0.25, -0.2) is 4.79 Å². The lowest BCUT2D eigenvalue weighted by Crippen LogP contribution is -2.42. The average molecular weight is 327 g/mol. The minimum atomic E-state index is -0.476. The molecule has 5 heteroatoms. The number of carbonyl (C=O) groups excluding carboxylic acids is 1. The van der Waals surface area contributed by atoms with E-state index in [1.807, 2.05) is 20.8 Å². The fraction of sp³-hybridized carbons (Fsp3) is 0.944. The molecule has 2 fully saturated rings. The molecule has 1 aliphatic carbocycles. The largest absolute Gasteiger partial charge is 0.444 e. The van der Waals surface area contributed by atoms with Gasteiger partial charge >= 0.3 is 6.09 Å². The minimum Gasteiger partial charge on any atom is -0.444 e. The van der Waals surface area contributed by atoms with Gasteiger partial charge in [-0.3, -0.25) is 0 Å². The Labute approximate surface area is 140 Å². The molecule has 1 heterocycles. The SMILES string of the molecule is CO[C@H]1C[C@@H](COCC2CCCCC2)N(C(=O)OC(C)(C)C)C1. The van der Waals surface area contributed by atoms with Gasteiger partial charge in [-0.2, -0.15) is 0 Å². The molecule has 5 nitrogen and oxygen atoms in total. The highest BCUT2D eigenvalue weighted by Crippen LogP contribution is 2.26. The second kappa shape index (κ2) is 8.34. The third kappa shape index (κ3) is 5.96. The highest BCUT2D eigenvalue weighted by atomic mass is 16.6. The van der Waals surface area contributed by atoms with E-state index in [-0.39, 0.29) is 18.2 Å². The fourth-order valence-electron chi connectivity index (χ4n) is 3.47. The number of ether oxygens (including phenoxy) is 3. The van der Waals surface area contributed by atoms with Crippen molar-refractivity contribution < 1.29 is 19.0 Å². The van der Waals surface area contributed by atoms with Gasteiger partial charge in [0, 0.05) is 13.7 Å². The van der Waals surface area contributed by atoms with Crippen molar-refractivity contribution in [3.63, 3.8) is 0 Å². The number of hydrogen-bond donors (Lipinski definition) is 0. The number of rotatable bonds is 5. The van der Waals surface area contributed by atoms with Gasteiger partial charge in [0.05, 0.1) is 25.3 Å². The summed E-state index contributed by atoms with van der Waals surface area (Å²) in [6, 6.07) is 0.0541. The van der Waals surface area contributed by atoms with Gasteiger partial charge in [0.1, 0.15) is 5.60 Å². The lowest BCUT2D eigenvalue weighted by Gasteiger charge is -2.29. The topological polar surface area (TPSA) is 48.0 Å². The number of hydrogen-bond acceptors (Lipinski definition) is 4. The summed E-state index contributed by atoms with van der Waals surface area (Å²) < 4.78 is 16.9. The summed E-state index contributed by atoms with van der Waals surface area (Å²) in [5.74, 6) is 0.693. The summed E-state index contributed by atoms with van der Waals surface area (Å²) in [5.41, 5.74) is -0.476. The normalized spacial score (nSPS) is 26.5. The molecule has 134 valence electrons. The van der Waals surface area contributed by atoms with Crippen molar-refractivity contribution in [2.75, 3.05) is 26.9 Å². The van der Waals surface area contributed by atoms with Crippen LogP contribution in [0.5, 0.6) is 0 Å². The van der Waals surface area contributed by atoms with E-state index < -0.39 is 5.60 Å². The number of likely N-dealkylation sites (tertiary alicyclic amines) is 1. The first kappa shape index (κ1) is 18.5. The van der Waals surface area contributed by atoms with Gasteiger partial charge in [0.15, 0.2) is 0 Å². The van der Waals surface area contributed by atoms with Crippen LogP contribution in [0.2, 0.25) is 0 Å². The molecule has 1 amide bonds. The fourth-order valence-corrected chi connectivity index (χ4v) is 3.47. The first-order valence-electron chi connectivity index (χ1n) is 8.99. The van der Waals surface area contributed by atoms with Crippen LogP contribution in [0.4, 0.5) is 4.79 Å². The second-order valence-electron chi connectivity index (χ2n) is 7.92. The van der Waals surface area contributed by atoms with E-state index in [0.717, 1.165) is 13.0 Å². The maximum atomic E-state index is 12.4. The summed E-state index contributed by atoms with van der Waals surface area (Å²) in [6.07, 6.45) is 7.21. The molecule has 0 N–H and O–H groups in total. The number of carbonyl (C=O) groups is 1. The molecule has 0 radical (unpaired) electrons. The van der Waals surface area contributed by atoms with Crippen LogP contribution in [-0.4, -0.2) is 55.6 Å². The maximum absolute atomic E-state index is 12.4. The molecular formula is C18H33NO4. The van der Waals surface area contributed by atoms with Crippen LogP contribution >= 0.6 is 0 Å². The molecule has 0 unspecified atom stereocenters. The average Bonchev–Trinajstić information content (AvgIpc) is 2.90. The maximum Gasteiger partial charge on any atom is 0.410 e. The van der Waals surface area contributed by atoms with Crippen molar-refractivity contribution in [1.82, 2.24) is 4.90 Å². The van der Waals surface area contributed by atoms with Crippen LogP contribution in [0.3, 0.4) is 0 Å². The molecule has 2 aliphatic rings. The Balaban J connectivity index is 1.82. The predicted molar refractivity (Wildman–Crippen MR) is 89.5 cm³/mol. The third-order valence-corrected chi connectivity index (χ3v) is 4.73. The predicted octanol–water partition coefficient (Wildman–Crippen LogP) is 3.61. The monoisotopic (exact) mass is 327 g/mol. The van der Waals surface area contributed by atoms with Gasteiger partial charge in [0.25, 0.3) is 0 Å². The van der Waals surface area contributed by atoms with Crippen molar-refractivity contribution in [3.05, 3.63) is 0 Å². The molecule has 0 spiro atoms. The quantitative estimate of drug-likeness (QED) is 0.774. The number of methoxy groups -OCH3 is 1. The molecule has 0 aromatic rings. The third-order valence-electron chi connectivity index (χ3n) is 4.73. The zero-order valence-corrected chi connectivity index (χ0v) is 15.2. The molecule has 2 atom stereocenters. The molecule has 0 bridgehead atoms. The van der Waals surface area contributed by atoms with Crippen LogP contribution < -0.4 is 0 Å². The van der Waals surface area contributed by atoms with Crippen LogP contribution in [-0.2, 0) is 14.2 Å². The lowest BCUT2D eigenvalue weighted by atomic mass is 9.90. The number of nitrogens with zero attached hydrogens (tertiary/aromatic N) is 1. The summed E-state index contributed by atoms with van der Waals surface area (Å²) in [5, 5.41) is 0. The Morgan fingerprint density at radius 2 is 1.83 bits per heavy atom. The molecule has 1 saturated carbocycles. The van der Waals surface area contributed by atoms with E-state index in [0.29, 0.717) is 19.1 Å². The van der Waals surface area contributed by atoms with Crippen molar-refractivity contribution >= 4 is 6.09 Å². The van der Waals surface area contributed by atoms with Crippen molar-refractivity contribution in [1.29, 1.82) is 0 Å². The van der Waals surface area contributed by atoms with Crippen molar-refractivity contribution in [2.45, 2.75) is 77.0 Å². The molecule has 1 aliphatic heterocycles. The first-order valence-corrected chi connectivity index (χ1v) is 8.99. The van der Waals surface area contributed by atoms with E-state index in [1.165, 1.54) is 32.1 Å². The highest BCUT2D eigenvalue weighted by Gasteiger charge is 2.37. The molecule has 2 rings (SSSR count). The van der Waals surface area contributed by atoms with Crippen molar-refractivity contribution in [3.8, 4) is 0 Å². The van der Waals surface area contributed by atoms with E-state index in [9.17, 15) is 4.79 Å². The molecule has 23 heavy (non-hydrogen) atoms. The van der Waals surface area contributed by atoms with E-state index in [2.05, 4.69) is 0 Å². The highest BCUT2D eigenvalue weighted by molar-refractivity contribution is 5.69. The first-order chi connectivity index (χ1) is 10.9. The molecule has 0 aromatic carbocycles. The Morgan fingerprint density at radius 1 is 1.13 bits per heavy atom. The smallest absolute Gasteiger partial charge is 0.410 e. The summed E-state index contributed by atoms with van der Waals surface area (Å²) in [7, 11) is 1.70. The Bertz CT molecular complexity index is 374.